The van der Waals surface area contributed by atoms with E-state index in [1.807, 2.05) is 6.07 Å². The fraction of sp³-hybridized carbons (Fsp3) is 0.909. The molecule has 1 heterocycles. The van der Waals surface area contributed by atoms with Gasteiger partial charge in [-0.2, -0.15) is 22.3 Å². The van der Waals surface area contributed by atoms with Crippen LogP contribution < -0.4 is 0 Å². The monoisotopic (exact) mass is 259 g/mol. The van der Waals surface area contributed by atoms with Crippen LogP contribution in [-0.2, 0) is 10.2 Å². The molecule has 0 aromatic heterocycles. The standard InChI is InChI=1S/C11H21N3O2S/c1-11(7-8-12)13(2)17(15,16)14-9-5-3-4-6-10-14/h11H,3-7,9-10H2,1-2H3. The molecule has 1 aliphatic rings. The molecule has 17 heavy (non-hydrogen) atoms. The smallest absolute Gasteiger partial charge is 0.198 e. The van der Waals surface area contributed by atoms with Crippen molar-refractivity contribution in [3.63, 3.8) is 0 Å². The van der Waals surface area contributed by atoms with Gasteiger partial charge in [0.25, 0.3) is 10.2 Å². The summed E-state index contributed by atoms with van der Waals surface area (Å²) in [5, 5.41) is 8.62. The van der Waals surface area contributed by atoms with E-state index in [9.17, 15) is 8.42 Å². The van der Waals surface area contributed by atoms with Crippen LogP contribution in [0.25, 0.3) is 0 Å². The lowest BCUT2D eigenvalue weighted by atomic mass is 10.2. The van der Waals surface area contributed by atoms with Crippen LogP contribution in [0.3, 0.4) is 0 Å². The van der Waals surface area contributed by atoms with Gasteiger partial charge < -0.3 is 0 Å². The normalized spacial score (nSPS) is 20.8. The first-order valence-electron chi connectivity index (χ1n) is 6.10. The van der Waals surface area contributed by atoms with Crippen LogP contribution >= 0.6 is 0 Å². The number of hydrogen-bond acceptors (Lipinski definition) is 3. The summed E-state index contributed by atoms with van der Waals surface area (Å²) in [4.78, 5) is 0. The van der Waals surface area contributed by atoms with Gasteiger partial charge in [0.05, 0.1) is 12.5 Å². The highest BCUT2D eigenvalue weighted by Crippen LogP contribution is 2.17. The first-order chi connectivity index (χ1) is 8.00. The fourth-order valence-electron chi connectivity index (χ4n) is 1.94. The Morgan fingerprint density at radius 1 is 1.29 bits per heavy atom. The van der Waals surface area contributed by atoms with Crippen LogP contribution in [0.4, 0.5) is 0 Å². The Labute approximate surface area is 104 Å². The third-order valence-electron chi connectivity index (χ3n) is 3.26. The molecular formula is C11H21N3O2S. The van der Waals surface area contributed by atoms with Crippen molar-refractivity contribution >= 4 is 10.2 Å². The molecule has 0 aliphatic carbocycles. The molecule has 6 heteroatoms. The van der Waals surface area contributed by atoms with E-state index in [0.717, 1.165) is 25.7 Å². The minimum absolute atomic E-state index is 0.226. The molecule has 1 rings (SSSR count). The zero-order valence-corrected chi connectivity index (χ0v) is 11.4. The van der Waals surface area contributed by atoms with E-state index < -0.39 is 10.2 Å². The molecule has 0 radical (unpaired) electrons. The fourth-order valence-corrected chi connectivity index (χ4v) is 3.56. The van der Waals surface area contributed by atoms with Gasteiger partial charge in [-0.3, -0.25) is 0 Å². The van der Waals surface area contributed by atoms with Crippen molar-refractivity contribution in [2.24, 2.45) is 0 Å². The lowest BCUT2D eigenvalue weighted by Crippen LogP contribution is -2.45. The van der Waals surface area contributed by atoms with Crippen molar-refractivity contribution in [1.82, 2.24) is 8.61 Å². The van der Waals surface area contributed by atoms with Crippen LogP contribution in [-0.4, -0.2) is 43.2 Å². The van der Waals surface area contributed by atoms with E-state index in [2.05, 4.69) is 0 Å². The second-order valence-electron chi connectivity index (χ2n) is 4.55. The van der Waals surface area contributed by atoms with E-state index in [0.29, 0.717) is 13.1 Å². The zero-order chi connectivity index (χ0) is 12.9. The van der Waals surface area contributed by atoms with Gasteiger partial charge in [0.15, 0.2) is 0 Å². The van der Waals surface area contributed by atoms with E-state index in [1.54, 1.807) is 18.3 Å². The third kappa shape index (κ3) is 3.66. The summed E-state index contributed by atoms with van der Waals surface area (Å²) in [6.45, 7) is 2.97. The second kappa shape index (κ2) is 6.34. The van der Waals surface area contributed by atoms with E-state index >= 15 is 0 Å². The minimum atomic E-state index is -3.39. The Morgan fingerprint density at radius 3 is 2.29 bits per heavy atom. The Bertz CT molecular complexity index is 367. The summed E-state index contributed by atoms with van der Waals surface area (Å²) in [7, 11) is -1.83. The van der Waals surface area contributed by atoms with Crippen molar-refractivity contribution in [2.75, 3.05) is 20.1 Å². The highest BCUT2D eigenvalue weighted by molar-refractivity contribution is 7.86. The van der Waals surface area contributed by atoms with Crippen LogP contribution in [0.1, 0.15) is 39.0 Å². The van der Waals surface area contributed by atoms with Crippen LogP contribution in [0.5, 0.6) is 0 Å². The summed E-state index contributed by atoms with van der Waals surface area (Å²) in [5.41, 5.74) is 0. The highest BCUT2D eigenvalue weighted by Gasteiger charge is 2.30. The summed E-state index contributed by atoms with van der Waals surface area (Å²) >= 11 is 0. The molecule has 0 saturated carbocycles. The molecule has 1 fully saturated rings. The summed E-state index contributed by atoms with van der Waals surface area (Å²) < 4.78 is 27.5. The first-order valence-corrected chi connectivity index (χ1v) is 7.50. The lowest BCUT2D eigenvalue weighted by molar-refractivity contribution is 0.331. The van der Waals surface area contributed by atoms with Crippen molar-refractivity contribution in [1.29, 1.82) is 5.26 Å². The van der Waals surface area contributed by atoms with Gasteiger partial charge in [-0.05, 0) is 19.8 Å². The van der Waals surface area contributed by atoms with Crippen molar-refractivity contribution in [2.45, 2.75) is 45.1 Å². The van der Waals surface area contributed by atoms with Crippen LogP contribution in [0.15, 0.2) is 0 Å². The molecule has 0 spiro atoms. The summed E-state index contributed by atoms with van der Waals surface area (Å²) in [6, 6.07) is 1.74. The second-order valence-corrected chi connectivity index (χ2v) is 6.54. The maximum Gasteiger partial charge on any atom is 0.281 e. The molecule has 1 saturated heterocycles. The third-order valence-corrected chi connectivity index (χ3v) is 5.37. The largest absolute Gasteiger partial charge is 0.281 e. The maximum atomic E-state index is 12.3. The average molecular weight is 259 g/mol. The predicted octanol–water partition coefficient (Wildman–Crippen LogP) is 1.34. The molecule has 5 nitrogen and oxygen atoms in total. The molecule has 98 valence electrons. The number of nitriles is 1. The quantitative estimate of drug-likeness (QED) is 0.765. The lowest BCUT2D eigenvalue weighted by Gasteiger charge is -2.29. The van der Waals surface area contributed by atoms with Gasteiger partial charge in [-0.1, -0.05) is 12.8 Å². The first kappa shape index (κ1) is 14.4. The molecule has 0 aromatic rings. The van der Waals surface area contributed by atoms with Gasteiger partial charge in [0, 0.05) is 26.2 Å². The molecule has 0 bridgehead atoms. The van der Waals surface area contributed by atoms with Gasteiger partial charge >= 0.3 is 0 Å². The van der Waals surface area contributed by atoms with Gasteiger partial charge in [0.1, 0.15) is 0 Å². The number of rotatable bonds is 4. The summed E-state index contributed by atoms with van der Waals surface area (Å²) in [5.74, 6) is 0. The molecular weight excluding hydrogens is 238 g/mol. The minimum Gasteiger partial charge on any atom is -0.198 e. The zero-order valence-electron chi connectivity index (χ0n) is 10.6. The van der Waals surface area contributed by atoms with Crippen LogP contribution in [0.2, 0.25) is 0 Å². The maximum absolute atomic E-state index is 12.3. The molecule has 1 aliphatic heterocycles. The molecule has 1 atom stereocenters. The molecule has 0 amide bonds. The van der Waals surface area contributed by atoms with Crippen LogP contribution in [0, 0.1) is 11.3 Å². The van der Waals surface area contributed by atoms with Gasteiger partial charge in [-0.25, -0.2) is 0 Å². The molecule has 0 aromatic carbocycles. The topological polar surface area (TPSA) is 64.4 Å². The molecule has 1 unspecified atom stereocenters. The SMILES string of the molecule is CC(CC#N)N(C)S(=O)(=O)N1CCCCCC1. The van der Waals surface area contributed by atoms with Crippen molar-refractivity contribution in [3.8, 4) is 6.07 Å². The molecule has 0 N–H and O–H groups in total. The van der Waals surface area contributed by atoms with E-state index in [1.165, 1.54) is 4.31 Å². The summed E-state index contributed by atoms with van der Waals surface area (Å²) in [6.07, 6.45) is 4.29. The van der Waals surface area contributed by atoms with E-state index in [-0.39, 0.29) is 12.5 Å². The Hall–Kier alpha value is -0.640. The van der Waals surface area contributed by atoms with Gasteiger partial charge in [-0.15, -0.1) is 0 Å². The Kier molecular flexibility index (Phi) is 5.37. The number of nitrogens with zero attached hydrogens (tertiary/aromatic N) is 3. The Morgan fingerprint density at radius 2 is 1.82 bits per heavy atom. The van der Waals surface area contributed by atoms with Crippen molar-refractivity contribution in [3.05, 3.63) is 0 Å². The van der Waals surface area contributed by atoms with Crippen molar-refractivity contribution < 1.29 is 8.42 Å². The Balaban J connectivity index is 2.75. The van der Waals surface area contributed by atoms with Gasteiger partial charge in [0.2, 0.25) is 0 Å². The van der Waals surface area contributed by atoms with E-state index in [4.69, 9.17) is 5.26 Å². The average Bonchev–Trinajstić information content (AvgIpc) is 2.57. The predicted molar refractivity (Wildman–Crippen MR) is 66.4 cm³/mol. The highest BCUT2D eigenvalue weighted by atomic mass is 32.2. The number of hydrogen-bond donors (Lipinski definition) is 0.